The first-order valence-electron chi connectivity index (χ1n) is 11.5. The number of carbonyl (C=O) groups excluding carboxylic acids is 1. The van der Waals surface area contributed by atoms with E-state index >= 15 is 0 Å². The average molecular weight is 527 g/mol. The number of ketones is 1. The molecule has 0 saturated carbocycles. The summed E-state index contributed by atoms with van der Waals surface area (Å²) in [5.74, 6) is 0.880. The summed E-state index contributed by atoms with van der Waals surface area (Å²) >= 11 is 7.73. The smallest absolute Gasteiger partial charge is 0.196 e. The standard InChI is InChI=1S/C28H23ClN6OS/c1-18-9-8-10-19(15-18)35-26(20-11-4-5-12-22(20)29)31-32-28(35)37-17-25(36)21(16-30)27-33(2)23-13-6-7-14-24(23)34(27)3/h4-15H,17H2,1-3H3. The number of Topliss-reactive ketones (excluding diaryl/α,β-unsaturated/α-hetero) is 1. The molecule has 2 heterocycles. The lowest BCUT2D eigenvalue weighted by molar-refractivity contribution is -0.112. The second-order valence-electron chi connectivity index (χ2n) is 8.59. The number of hydrogen-bond donors (Lipinski definition) is 0. The first-order valence-corrected chi connectivity index (χ1v) is 12.9. The van der Waals surface area contributed by atoms with Gasteiger partial charge in [-0.05, 0) is 48.9 Å². The van der Waals surface area contributed by atoms with Crippen LogP contribution in [0.25, 0.3) is 17.1 Å². The van der Waals surface area contributed by atoms with E-state index in [4.69, 9.17) is 11.6 Å². The number of fused-ring (bicyclic) bond motifs is 1. The maximum atomic E-state index is 13.4. The molecule has 0 saturated heterocycles. The number of nitrogens with zero attached hydrogens (tertiary/aromatic N) is 6. The van der Waals surface area contributed by atoms with E-state index in [-0.39, 0.29) is 17.1 Å². The molecule has 7 nitrogen and oxygen atoms in total. The van der Waals surface area contributed by atoms with E-state index in [0.29, 0.717) is 21.8 Å². The summed E-state index contributed by atoms with van der Waals surface area (Å²) in [5.41, 5.74) is 4.66. The number of aromatic nitrogens is 3. The van der Waals surface area contributed by atoms with Gasteiger partial charge in [0.1, 0.15) is 17.5 Å². The number of hydrogen-bond acceptors (Lipinski definition) is 7. The van der Waals surface area contributed by atoms with Crippen LogP contribution in [0.4, 0.5) is 11.4 Å². The molecule has 1 aliphatic heterocycles. The van der Waals surface area contributed by atoms with Crippen LogP contribution in [0.15, 0.2) is 89.3 Å². The average Bonchev–Trinajstić information content (AvgIpc) is 3.43. The molecule has 0 N–H and O–H groups in total. The summed E-state index contributed by atoms with van der Waals surface area (Å²) in [6.45, 7) is 2.01. The Kier molecular flexibility index (Phi) is 6.74. The summed E-state index contributed by atoms with van der Waals surface area (Å²) in [5, 5.41) is 19.9. The minimum absolute atomic E-state index is 0.0247. The largest absolute Gasteiger partial charge is 0.328 e. The summed E-state index contributed by atoms with van der Waals surface area (Å²) in [6, 6.07) is 25.4. The molecule has 0 radical (unpaired) electrons. The monoisotopic (exact) mass is 526 g/mol. The molecule has 37 heavy (non-hydrogen) atoms. The van der Waals surface area contributed by atoms with E-state index in [1.807, 2.05) is 102 Å². The quantitative estimate of drug-likeness (QED) is 0.176. The molecule has 5 rings (SSSR count). The molecule has 0 fully saturated rings. The zero-order valence-corrected chi connectivity index (χ0v) is 22.1. The van der Waals surface area contributed by atoms with Gasteiger partial charge in [-0.25, -0.2) is 0 Å². The Morgan fingerprint density at radius 2 is 1.65 bits per heavy atom. The molecule has 1 aliphatic rings. The third-order valence-corrected chi connectivity index (χ3v) is 7.45. The summed E-state index contributed by atoms with van der Waals surface area (Å²) in [7, 11) is 3.72. The molecule has 0 spiro atoms. The Bertz CT molecular complexity index is 1560. The fourth-order valence-electron chi connectivity index (χ4n) is 4.44. The number of aryl methyl sites for hydroxylation is 1. The minimum Gasteiger partial charge on any atom is -0.328 e. The van der Waals surface area contributed by atoms with E-state index in [9.17, 15) is 10.1 Å². The lowest BCUT2D eigenvalue weighted by Crippen LogP contribution is -2.26. The van der Waals surface area contributed by atoms with Crippen LogP contribution in [-0.4, -0.2) is 40.4 Å². The van der Waals surface area contributed by atoms with E-state index in [1.165, 1.54) is 11.8 Å². The molecule has 0 amide bonds. The highest BCUT2D eigenvalue weighted by Gasteiger charge is 2.31. The third-order valence-electron chi connectivity index (χ3n) is 6.19. The van der Waals surface area contributed by atoms with E-state index in [0.717, 1.165) is 28.2 Å². The zero-order valence-electron chi connectivity index (χ0n) is 20.5. The normalized spacial score (nSPS) is 12.5. The van der Waals surface area contributed by atoms with E-state index in [1.54, 1.807) is 6.07 Å². The molecule has 4 aromatic rings. The second-order valence-corrected chi connectivity index (χ2v) is 9.94. The van der Waals surface area contributed by atoms with Gasteiger partial charge in [0.05, 0.1) is 22.2 Å². The van der Waals surface area contributed by atoms with Crippen LogP contribution < -0.4 is 9.80 Å². The summed E-state index contributed by atoms with van der Waals surface area (Å²) in [6.07, 6.45) is 0. The predicted molar refractivity (Wildman–Crippen MR) is 148 cm³/mol. The van der Waals surface area contributed by atoms with Crippen molar-refractivity contribution < 1.29 is 4.79 Å². The van der Waals surface area contributed by atoms with Crippen molar-refractivity contribution in [1.29, 1.82) is 5.26 Å². The van der Waals surface area contributed by atoms with Crippen LogP contribution in [0, 0.1) is 18.3 Å². The highest BCUT2D eigenvalue weighted by Crippen LogP contribution is 2.40. The number of halogens is 1. The van der Waals surface area contributed by atoms with Crippen molar-refractivity contribution in [3.8, 4) is 23.1 Å². The minimum atomic E-state index is -0.285. The highest BCUT2D eigenvalue weighted by molar-refractivity contribution is 7.99. The molecule has 0 bridgehead atoms. The van der Waals surface area contributed by atoms with Gasteiger partial charge in [-0.2, -0.15) is 5.26 Å². The van der Waals surface area contributed by atoms with Crippen molar-refractivity contribution in [2.75, 3.05) is 29.6 Å². The SMILES string of the molecule is Cc1cccc(-n2c(SCC(=O)C(C#N)=C3N(C)c4ccccc4N3C)nnc2-c2ccccc2Cl)c1. The molecular weight excluding hydrogens is 504 g/mol. The number of carbonyl (C=O) groups is 1. The number of thioether (sulfide) groups is 1. The van der Waals surface area contributed by atoms with E-state index < -0.39 is 0 Å². The summed E-state index contributed by atoms with van der Waals surface area (Å²) in [4.78, 5) is 17.1. The lowest BCUT2D eigenvalue weighted by Gasteiger charge is -2.19. The van der Waals surface area contributed by atoms with Crippen LogP contribution in [0.3, 0.4) is 0 Å². The fourth-order valence-corrected chi connectivity index (χ4v) is 5.48. The van der Waals surface area contributed by atoms with Gasteiger partial charge in [0.2, 0.25) is 0 Å². The molecule has 3 aromatic carbocycles. The third kappa shape index (κ3) is 4.48. The number of nitriles is 1. The number of rotatable bonds is 6. The summed E-state index contributed by atoms with van der Waals surface area (Å²) < 4.78 is 1.90. The van der Waals surface area contributed by atoms with Crippen LogP contribution >= 0.6 is 23.4 Å². The van der Waals surface area contributed by atoms with Crippen molar-refractivity contribution in [2.45, 2.75) is 12.1 Å². The molecule has 0 aliphatic carbocycles. The fraction of sp³-hybridized carbons (Fsp3) is 0.143. The van der Waals surface area contributed by atoms with Gasteiger partial charge >= 0.3 is 0 Å². The van der Waals surface area contributed by atoms with E-state index in [2.05, 4.69) is 16.3 Å². The van der Waals surface area contributed by atoms with Crippen LogP contribution in [0.2, 0.25) is 5.02 Å². The molecular formula is C28H23ClN6OS. The first-order chi connectivity index (χ1) is 17.9. The Morgan fingerprint density at radius 3 is 2.30 bits per heavy atom. The number of anilines is 2. The second kappa shape index (κ2) is 10.1. The van der Waals surface area contributed by atoms with Crippen LogP contribution in [-0.2, 0) is 4.79 Å². The van der Waals surface area contributed by atoms with Gasteiger partial charge in [0, 0.05) is 25.3 Å². The molecule has 9 heteroatoms. The number of para-hydroxylation sites is 2. The maximum Gasteiger partial charge on any atom is 0.196 e. The van der Waals surface area contributed by atoms with Crippen molar-refractivity contribution in [1.82, 2.24) is 14.8 Å². The lowest BCUT2D eigenvalue weighted by atomic mass is 10.2. The topological polar surface area (TPSA) is 78.0 Å². The van der Waals surface area contributed by atoms with Crippen LogP contribution in [0.5, 0.6) is 0 Å². The molecule has 0 unspecified atom stereocenters. The number of allylic oxidation sites excluding steroid dienone is 1. The first kappa shape index (κ1) is 24.6. The van der Waals surface area contributed by atoms with Gasteiger partial charge in [0.25, 0.3) is 0 Å². The van der Waals surface area contributed by atoms with Crippen molar-refractivity contribution in [3.63, 3.8) is 0 Å². The van der Waals surface area contributed by atoms with Crippen molar-refractivity contribution in [3.05, 3.63) is 94.8 Å². The molecule has 0 atom stereocenters. The molecule has 184 valence electrons. The molecule has 1 aromatic heterocycles. The maximum absolute atomic E-state index is 13.4. The predicted octanol–water partition coefficient (Wildman–Crippen LogP) is 5.88. The highest BCUT2D eigenvalue weighted by atomic mass is 35.5. The van der Waals surface area contributed by atoms with Gasteiger partial charge in [-0.15, -0.1) is 10.2 Å². The Balaban J connectivity index is 1.49. The Morgan fingerprint density at radius 1 is 0.973 bits per heavy atom. The number of benzene rings is 3. The van der Waals surface area contributed by atoms with Gasteiger partial charge in [0.15, 0.2) is 16.8 Å². The van der Waals surface area contributed by atoms with Gasteiger partial charge in [-0.1, -0.05) is 59.8 Å². The van der Waals surface area contributed by atoms with Crippen LogP contribution in [0.1, 0.15) is 5.56 Å². The van der Waals surface area contributed by atoms with Gasteiger partial charge < -0.3 is 9.80 Å². The zero-order chi connectivity index (χ0) is 26.1. The van der Waals surface area contributed by atoms with Gasteiger partial charge in [-0.3, -0.25) is 9.36 Å². The van der Waals surface area contributed by atoms with Crippen molar-refractivity contribution >= 4 is 40.5 Å². The van der Waals surface area contributed by atoms with Crippen molar-refractivity contribution in [2.24, 2.45) is 0 Å². The Hall–Kier alpha value is -4.06. The Labute approximate surface area is 224 Å².